The number of hydrogen-bond donors (Lipinski definition) is 0. The highest BCUT2D eigenvalue weighted by Crippen LogP contribution is 2.30. The van der Waals surface area contributed by atoms with E-state index in [1.807, 2.05) is 24.3 Å². The molecule has 0 aromatic heterocycles. The maximum atomic E-state index is 12.8. The van der Waals surface area contributed by atoms with E-state index in [1.54, 1.807) is 7.11 Å². The summed E-state index contributed by atoms with van der Waals surface area (Å²) in [6, 6.07) is 8.22. The topological polar surface area (TPSA) is 38.8 Å². The second-order valence-electron chi connectivity index (χ2n) is 6.05. The lowest BCUT2D eigenvalue weighted by atomic mass is 10.1. The Labute approximate surface area is 126 Å². The summed E-state index contributed by atoms with van der Waals surface area (Å²) in [5, 5.41) is 0. The third kappa shape index (κ3) is 3.63. The molecule has 2 fully saturated rings. The fourth-order valence-electron chi connectivity index (χ4n) is 2.92. The van der Waals surface area contributed by atoms with Crippen LogP contribution in [-0.2, 0) is 16.1 Å². The number of hydrogen-bond acceptors (Lipinski definition) is 3. The molecule has 1 atom stereocenters. The SMILES string of the molecule is COCc1cccc(C(=O)N(C[C@@H]2CCOC2)C2CC2)c1. The van der Waals surface area contributed by atoms with E-state index in [0.717, 1.165) is 50.1 Å². The molecular weight excluding hydrogens is 266 g/mol. The minimum Gasteiger partial charge on any atom is -0.381 e. The first kappa shape index (κ1) is 14.5. The molecule has 0 bridgehead atoms. The predicted molar refractivity (Wildman–Crippen MR) is 80.1 cm³/mol. The van der Waals surface area contributed by atoms with Crippen molar-refractivity contribution < 1.29 is 14.3 Å². The van der Waals surface area contributed by atoms with Crippen molar-refractivity contribution >= 4 is 5.91 Å². The van der Waals surface area contributed by atoms with E-state index in [-0.39, 0.29) is 5.91 Å². The highest BCUT2D eigenvalue weighted by molar-refractivity contribution is 5.94. The van der Waals surface area contributed by atoms with Crippen molar-refractivity contribution in [3.8, 4) is 0 Å². The minimum atomic E-state index is 0.155. The molecule has 0 spiro atoms. The molecule has 0 radical (unpaired) electrons. The molecule has 1 amide bonds. The van der Waals surface area contributed by atoms with E-state index < -0.39 is 0 Å². The third-order valence-electron chi connectivity index (χ3n) is 4.21. The van der Waals surface area contributed by atoms with Crippen molar-refractivity contribution in [1.82, 2.24) is 4.90 Å². The highest BCUT2D eigenvalue weighted by atomic mass is 16.5. The maximum Gasteiger partial charge on any atom is 0.254 e. The van der Waals surface area contributed by atoms with Crippen LogP contribution in [0.4, 0.5) is 0 Å². The Hall–Kier alpha value is -1.39. The zero-order chi connectivity index (χ0) is 14.7. The van der Waals surface area contributed by atoms with Gasteiger partial charge >= 0.3 is 0 Å². The number of carbonyl (C=O) groups excluding carboxylic acids is 1. The van der Waals surface area contributed by atoms with Gasteiger partial charge in [0.05, 0.1) is 13.2 Å². The zero-order valence-electron chi connectivity index (χ0n) is 12.6. The van der Waals surface area contributed by atoms with E-state index in [0.29, 0.717) is 18.6 Å². The van der Waals surface area contributed by atoms with Crippen molar-refractivity contribution in [1.29, 1.82) is 0 Å². The lowest BCUT2D eigenvalue weighted by Crippen LogP contribution is -2.37. The number of ether oxygens (including phenoxy) is 2. The number of nitrogens with zero attached hydrogens (tertiary/aromatic N) is 1. The number of methoxy groups -OCH3 is 1. The van der Waals surface area contributed by atoms with Crippen molar-refractivity contribution in [3.05, 3.63) is 35.4 Å². The Morgan fingerprint density at radius 3 is 2.90 bits per heavy atom. The van der Waals surface area contributed by atoms with Gasteiger partial charge in [0.1, 0.15) is 0 Å². The average molecular weight is 289 g/mol. The molecule has 0 N–H and O–H groups in total. The Kier molecular flexibility index (Phi) is 4.56. The standard InChI is InChI=1S/C17H23NO3/c1-20-11-13-3-2-4-15(9-13)17(19)18(16-5-6-16)10-14-7-8-21-12-14/h2-4,9,14,16H,5-8,10-12H2,1H3/t14-/m0/s1. The average Bonchev–Trinajstić information content (AvgIpc) is 3.21. The molecular formula is C17H23NO3. The van der Waals surface area contributed by atoms with Crippen LogP contribution < -0.4 is 0 Å². The highest BCUT2D eigenvalue weighted by Gasteiger charge is 2.35. The third-order valence-corrected chi connectivity index (χ3v) is 4.21. The van der Waals surface area contributed by atoms with E-state index in [2.05, 4.69) is 4.90 Å². The molecule has 1 aromatic rings. The Bertz CT molecular complexity index is 493. The molecule has 114 valence electrons. The monoisotopic (exact) mass is 289 g/mol. The van der Waals surface area contributed by atoms with Gasteiger partial charge in [0.2, 0.25) is 0 Å². The molecule has 4 nitrogen and oxygen atoms in total. The van der Waals surface area contributed by atoms with E-state index >= 15 is 0 Å². The molecule has 1 aliphatic heterocycles. The van der Waals surface area contributed by atoms with Crippen LogP contribution in [0.1, 0.15) is 35.2 Å². The fourth-order valence-corrected chi connectivity index (χ4v) is 2.92. The van der Waals surface area contributed by atoms with Gasteiger partial charge in [-0.3, -0.25) is 4.79 Å². The van der Waals surface area contributed by atoms with Crippen molar-refractivity contribution in [2.24, 2.45) is 5.92 Å². The Balaban J connectivity index is 1.72. The van der Waals surface area contributed by atoms with Gasteiger partial charge in [-0.25, -0.2) is 0 Å². The fraction of sp³-hybridized carbons (Fsp3) is 0.588. The van der Waals surface area contributed by atoms with Gasteiger partial charge in [-0.05, 0) is 37.0 Å². The first-order valence-corrected chi connectivity index (χ1v) is 7.74. The molecule has 1 aliphatic carbocycles. The lowest BCUT2D eigenvalue weighted by Gasteiger charge is -2.25. The van der Waals surface area contributed by atoms with Crippen molar-refractivity contribution in [2.45, 2.75) is 31.9 Å². The Morgan fingerprint density at radius 1 is 1.38 bits per heavy atom. The maximum absolute atomic E-state index is 12.8. The molecule has 0 unspecified atom stereocenters. The first-order chi connectivity index (χ1) is 10.3. The van der Waals surface area contributed by atoms with Crippen LogP contribution in [0, 0.1) is 5.92 Å². The summed E-state index contributed by atoms with van der Waals surface area (Å²) in [5.74, 6) is 0.652. The zero-order valence-corrected chi connectivity index (χ0v) is 12.6. The predicted octanol–water partition coefficient (Wildman–Crippen LogP) is 2.47. The van der Waals surface area contributed by atoms with Gasteiger partial charge in [0.25, 0.3) is 5.91 Å². The van der Waals surface area contributed by atoms with Gasteiger partial charge < -0.3 is 14.4 Å². The number of carbonyl (C=O) groups is 1. The molecule has 4 heteroatoms. The van der Waals surface area contributed by atoms with Crippen molar-refractivity contribution in [2.75, 3.05) is 26.9 Å². The summed E-state index contributed by atoms with van der Waals surface area (Å²) in [5.41, 5.74) is 1.82. The van der Waals surface area contributed by atoms with Crippen LogP contribution in [0.2, 0.25) is 0 Å². The second kappa shape index (κ2) is 6.58. The van der Waals surface area contributed by atoms with Crippen LogP contribution in [-0.4, -0.2) is 43.7 Å². The summed E-state index contributed by atoms with van der Waals surface area (Å²) in [4.78, 5) is 14.9. The summed E-state index contributed by atoms with van der Waals surface area (Å²) in [7, 11) is 1.67. The van der Waals surface area contributed by atoms with Gasteiger partial charge in [0, 0.05) is 37.8 Å². The molecule has 3 rings (SSSR count). The quantitative estimate of drug-likeness (QED) is 0.807. The molecule has 21 heavy (non-hydrogen) atoms. The van der Waals surface area contributed by atoms with Gasteiger partial charge in [-0.2, -0.15) is 0 Å². The van der Waals surface area contributed by atoms with Crippen LogP contribution in [0.3, 0.4) is 0 Å². The van der Waals surface area contributed by atoms with Crippen LogP contribution in [0.25, 0.3) is 0 Å². The first-order valence-electron chi connectivity index (χ1n) is 7.74. The van der Waals surface area contributed by atoms with E-state index in [4.69, 9.17) is 9.47 Å². The van der Waals surface area contributed by atoms with Gasteiger partial charge in [0.15, 0.2) is 0 Å². The van der Waals surface area contributed by atoms with Crippen LogP contribution >= 0.6 is 0 Å². The summed E-state index contributed by atoms with van der Waals surface area (Å²) < 4.78 is 10.6. The number of amides is 1. The molecule has 1 heterocycles. The van der Waals surface area contributed by atoms with E-state index in [1.165, 1.54) is 0 Å². The van der Waals surface area contributed by atoms with E-state index in [9.17, 15) is 4.79 Å². The molecule has 2 aliphatic rings. The summed E-state index contributed by atoms with van der Waals surface area (Å²) in [6.45, 7) is 3.00. The van der Waals surface area contributed by atoms with Crippen LogP contribution in [0.15, 0.2) is 24.3 Å². The lowest BCUT2D eigenvalue weighted by molar-refractivity contribution is 0.0706. The molecule has 1 saturated heterocycles. The summed E-state index contributed by atoms with van der Waals surface area (Å²) in [6.07, 6.45) is 3.34. The van der Waals surface area contributed by atoms with Gasteiger partial charge in [-0.1, -0.05) is 12.1 Å². The van der Waals surface area contributed by atoms with Crippen LogP contribution in [0.5, 0.6) is 0 Å². The molecule has 1 saturated carbocycles. The second-order valence-corrected chi connectivity index (χ2v) is 6.05. The number of rotatable bonds is 6. The Morgan fingerprint density at radius 2 is 2.24 bits per heavy atom. The number of benzene rings is 1. The normalized spacial score (nSPS) is 21.5. The largest absolute Gasteiger partial charge is 0.381 e. The minimum absolute atomic E-state index is 0.155. The van der Waals surface area contributed by atoms with Crippen molar-refractivity contribution in [3.63, 3.8) is 0 Å². The summed E-state index contributed by atoms with van der Waals surface area (Å²) >= 11 is 0. The molecule has 1 aromatic carbocycles. The van der Waals surface area contributed by atoms with Gasteiger partial charge in [-0.15, -0.1) is 0 Å². The smallest absolute Gasteiger partial charge is 0.254 e.